The third-order valence-electron chi connectivity index (χ3n) is 3.74. The highest BCUT2D eigenvalue weighted by molar-refractivity contribution is 7.89. The lowest BCUT2D eigenvalue weighted by atomic mass is 10.1. The van der Waals surface area contributed by atoms with E-state index >= 15 is 0 Å². The number of rotatable bonds is 9. The molecule has 0 radical (unpaired) electrons. The second-order valence-electron chi connectivity index (χ2n) is 5.67. The van der Waals surface area contributed by atoms with Crippen LogP contribution in [0.5, 0.6) is 5.75 Å². The monoisotopic (exact) mass is 412 g/mol. The molecule has 1 amide bonds. The number of amides is 1. The zero-order valence-electron chi connectivity index (χ0n) is 14.7. The van der Waals surface area contributed by atoms with Gasteiger partial charge in [-0.15, -0.1) is 0 Å². The first-order valence-corrected chi connectivity index (χ1v) is 10.0. The van der Waals surface area contributed by atoms with Gasteiger partial charge in [0, 0.05) is 6.54 Å². The molecule has 2 aromatic rings. The number of hydrogen-bond donors (Lipinski definition) is 3. The van der Waals surface area contributed by atoms with Crippen LogP contribution in [0.15, 0.2) is 53.4 Å². The Labute approximate surface area is 163 Å². The largest absolute Gasteiger partial charge is 0.495 e. The van der Waals surface area contributed by atoms with Crippen molar-refractivity contribution in [1.29, 1.82) is 0 Å². The first kappa shape index (κ1) is 21.2. The van der Waals surface area contributed by atoms with Gasteiger partial charge in [-0.25, -0.2) is 8.42 Å². The Bertz CT molecular complexity index is 875. The number of halogens is 1. The van der Waals surface area contributed by atoms with Gasteiger partial charge in [0.2, 0.25) is 15.9 Å². The Morgan fingerprint density at radius 3 is 2.52 bits per heavy atom. The maximum atomic E-state index is 12.7. The van der Waals surface area contributed by atoms with Gasteiger partial charge < -0.3 is 15.2 Å². The molecule has 9 heteroatoms. The second-order valence-corrected chi connectivity index (χ2v) is 7.80. The maximum absolute atomic E-state index is 12.7. The molecule has 1 atom stereocenters. The van der Waals surface area contributed by atoms with Gasteiger partial charge in [-0.3, -0.25) is 4.79 Å². The molecule has 7 nitrogen and oxygen atoms in total. The first-order chi connectivity index (χ1) is 12.9. The summed E-state index contributed by atoms with van der Waals surface area (Å²) in [6.45, 7) is -0.217. The Hall–Kier alpha value is -2.13. The summed E-state index contributed by atoms with van der Waals surface area (Å²) in [5.41, 5.74) is 0.789. The van der Waals surface area contributed by atoms with Crippen molar-refractivity contribution in [2.24, 2.45) is 0 Å². The number of carbonyl (C=O) groups is 1. The van der Waals surface area contributed by atoms with Gasteiger partial charge in [-0.1, -0.05) is 41.9 Å². The lowest BCUT2D eigenvalue weighted by molar-refractivity contribution is -0.122. The van der Waals surface area contributed by atoms with Gasteiger partial charge in [-0.2, -0.15) is 4.72 Å². The van der Waals surface area contributed by atoms with Crippen LogP contribution in [0.3, 0.4) is 0 Å². The molecule has 0 bridgehead atoms. The van der Waals surface area contributed by atoms with E-state index < -0.39 is 22.0 Å². The molecule has 2 aromatic carbocycles. The fourth-order valence-corrected chi connectivity index (χ4v) is 3.95. The van der Waals surface area contributed by atoms with E-state index in [1.54, 1.807) is 24.3 Å². The predicted octanol–water partition coefficient (Wildman–Crippen LogP) is 1.35. The van der Waals surface area contributed by atoms with E-state index in [1.165, 1.54) is 25.3 Å². The Balaban J connectivity index is 2.26. The summed E-state index contributed by atoms with van der Waals surface area (Å²) in [5, 5.41) is 11.5. The molecule has 0 aliphatic heterocycles. The van der Waals surface area contributed by atoms with Crippen molar-refractivity contribution in [1.82, 2.24) is 10.0 Å². The molecule has 3 N–H and O–H groups in total. The number of benzene rings is 2. The lowest BCUT2D eigenvalue weighted by Gasteiger charge is -2.19. The fraction of sp³-hybridized carbons (Fsp3) is 0.278. The van der Waals surface area contributed by atoms with Gasteiger partial charge in [0.1, 0.15) is 11.8 Å². The fourth-order valence-electron chi connectivity index (χ4n) is 2.41. The van der Waals surface area contributed by atoms with Crippen molar-refractivity contribution < 1.29 is 23.1 Å². The minimum Gasteiger partial charge on any atom is -0.495 e. The summed E-state index contributed by atoms with van der Waals surface area (Å²) < 4.78 is 32.9. The van der Waals surface area contributed by atoms with Crippen molar-refractivity contribution in [2.45, 2.75) is 17.4 Å². The van der Waals surface area contributed by atoms with Crippen LogP contribution in [0, 0.1) is 0 Å². The molecular formula is C18H21ClN2O5S. The van der Waals surface area contributed by atoms with E-state index in [-0.39, 0.29) is 29.5 Å². The standard InChI is InChI=1S/C18H21ClN2O5S/c1-26-17-8-7-14(12-15(17)19)27(24,25)21-16(18(23)20-9-10-22)11-13-5-3-2-4-6-13/h2-8,12,16,21-22H,9-11H2,1H3,(H,20,23). The molecule has 0 saturated carbocycles. The number of methoxy groups -OCH3 is 1. The van der Waals surface area contributed by atoms with Gasteiger partial charge in [0.05, 0.1) is 23.6 Å². The number of carbonyl (C=O) groups excluding carboxylic acids is 1. The van der Waals surface area contributed by atoms with E-state index in [0.717, 1.165) is 5.56 Å². The zero-order valence-corrected chi connectivity index (χ0v) is 16.3. The highest BCUT2D eigenvalue weighted by Gasteiger charge is 2.26. The van der Waals surface area contributed by atoms with E-state index in [4.69, 9.17) is 21.4 Å². The molecule has 146 valence electrons. The van der Waals surface area contributed by atoms with E-state index in [0.29, 0.717) is 5.75 Å². The molecule has 0 heterocycles. The number of aliphatic hydroxyl groups is 1. The smallest absolute Gasteiger partial charge is 0.241 e. The molecule has 0 aliphatic rings. The van der Waals surface area contributed by atoms with Crippen LogP contribution in [0.1, 0.15) is 5.56 Å². The molecule has 2 rings (SSSR count). The molecule has 0 saturated heterocycles. The summed E-state index contributed by atoms with van der Waals surface area (Å²) >= 11 is 6.01. The number of ether oxygens (including phenoxy) is 1. The predicted molar refractivity (Wildman–Crippen MR) is 102 cm³/mol. The van der Waals surface area contributed by atoms with Gasteiger partial charge in [0.15, 0.2) is 0 Å². The lowest BCUT2D eigenvalue weighted by Crippen LogP contribution is -2.48. The average molecular weight is 413 g/mol. The highest BCUT2D eigenvalue weighted by atomic mass is 35.5. The summed E-state index contributed by atoms with van der Waals surface area (Å²) in [6.07, 6.45) is 0.154. The molecule has 0 aromatic heterocycles. The summed E-state index contributed by atoms with van der Waals surface area (Å²) in [5.74, 6) is -0.187. The van der Waals surface area contributed by atoms with Crippen LogP contribution < -0.4 is 14.8 Å². The zero-order chi connectivity index (χ0) is 19.9. The SMILES string of the molecule is COc1ccc(S(=O)(=O)NC(Cc2ccccc2)C(=O)NCCO)cc1Cl. The van der Waals surface area contributed by atoms with Gasteiger partial charge in [0.25, 0.3) is 0 Å². The number of sulfonamides is 1. The van der Waals surface area contributed by atoms with Crippen LogP contribution in [0.25, 0.3) is 0 Å². The van der Waals surface area contributed by atoms with E-state index in [9.17, 15) is 13.2 Å². The van der Waals surface area contributed by atoms with Gasteiger partial charge >= 0.3 is 0 Å². The minimum atomic E-state index is -4.01. The molecule has 0 aliphatic carbocycles. The van der Waals surface area contributed by atoms with Gasteiger partial charge in [-0.05, 0) is 30.2 Å². The Kier molecular flexibility index (Phi) is 7.61. The average Bonchev–Trinajstić information content (AvgIpc) is 2.66. The third kappa shape index (κ3) is 5.93. The molecule has 1 unspecified atom stereocenters. The Morgan fingerprint density at radius 2 is 1.93 bits per heavy atom. The molecule has 27 heavy (non-hydrogen) atoms. The van der Waals surface area contributed by atoms with E-state index in [2.05, 4.69) is 10.0 Å². The quantitative estimate of drug-likeness (QED) is 0.576. The number of nitrogens with one attached hydrogen (secondary N) is 2. The normalized spacial score (nSPS) is 12.4. The van der Waals surface area contributed by atoms with Crippen molar-refractivity contribution in [3.8, 4) is 5.75 Å². The highest BCUT2D eigenvalue weighted by Crippen LogP contribution is 2.27. The summed E-state index contributed by atoms with van der Waals surface area (Å²) in [7, 11) is -2.58. The van der Waals surface area contributed by atoms with Crippen LogP contribution in [0.4, 0.5) is 0 Å². The van der Waals surface area contributed by atoms with Crippen LogP contribution in [0.2, 0.25) is 5.02 Å². The van der Waals surface area contributed by atoms with E-state index in [1.807, 2.05) is 6.07 Å². The van der Waals surface area contributed by atoms with Crippen molar-refractivity contribution in [2.75, 3.05) is 20.3 Å². The topological polar surface area (TPSA) is 105 Å². The minimum absolute atomic E-state index is 0.0280. The molecular weight excluding hydrogens is 392 g/mol. The maximum Gasteiger partial charge on any atom is 0.241 e. The third-order valence-corrected chi connectivity index (χ3v) is 5.51. The Morgan fingerprint density at radius 1 is 1.22 bits per heavy atom. The van der Waals surface area contributed by atoms with Crippen LogP contribution in [-0.4, -0.2) is 45.7 Å². The van der Waals surface area contributed by atoms with Crippen LogP contribution >= 0.6 is 11.6 Å². The van der Waals surface area contributed by atoms with Crippen molar-refractivity contribution in [3.63, 3.8) is 0 Å². The van der Waals surface area contributed by atoms with Crippen molar-refractivity contribution in [3.05, 3.63) is 59.1 Å². The summed E-state index contributed by atoms with van der Waals surface area (Å²) in [6, 6.07) is 12.0. The first-order valence-electron chi connectivity index (χ1n) is 8.15. The second kappa shape index (κ2) is 9.70. The van der Waals surface area contributed by atoms with Crippen molar-refractivity contribution >= 4 is 27.5 Å². The molecule has 0 fully saturated rings. The number of hydrogen-bond acceptors (Lipinski definition) is 5. The molecule has 0 spiro atoms. The van der Waals surface area contributed by atoms with Crippen LogP contribution in [-0.2, 0) is 21.2 Å². The number of aliphatic hydroxyl groups excluding tert-OH is 1. The summed E-state index contributed by atoms with van der Waals surface area (Å²) in [4.78, 5) is 12.3.